The molecule has 0 spiro atoms. The summed E-state index contributed by atoms with van der Waals surface area (Å²) in [7, 11) is 0. The van der Waals surface area contributed by atoms with Crippen LogP contribution in [0.15, 0.2) is 89.4 Å². The molecular formula is C23H14BrN. The second-order valence-electron chi connectivity index (χ2n) is 5.90. The van der Waals surface area contributed by atoms with Crippen LogP contribution in [0.4, 0.5) is 0 Å². The monoisotopic (exact) mass is 383 g/mol. The smallest absolute Gasteiger partial charge is 0.0998 e. The van der Waals surface area contributed by atoms with Gasteiger partial charge in [-0.1, -0.05) is 82.7 Å². The van der Waals surface area contributed by atoms with Crippen molar-refractivity contribution >= 4 is 26.7 Å². The molecule has 0 heterocycles. The second kappa shape index (κ2) is 6.55. The van der Waals surface area contributed by atoms with Crippen LogP contribution in [0.1, 0.15) is 5.56 Å². The highest BCUT2D eigenvalue weighted by atomic mass is 79.9. The van der Waals surface area contributed by atoms with E-state index in [9.17, 15) is 5.26 Å². The molecule has 0 atom stereocenters. The van der Waals surface area contributed by atoms with Gasteiger partial charge in [0.15, 0.2) is 0 Å². The summed E-state index contributed by atoms with van der Waals surface area (Å²) in [5.41, 5.74) is 5.40. The molecule has 4 aromatic rings. The molecule has 25 heavy (non-hydrogen) atoms. The summed E-state index contributed by atoms with van der Waals surface area (Å²) >= 11 is 3.47. The third-order valence-corrected chi connectivity index (χ3v) is 4.95. The number of nitrogens with zero attached hydrogens (tertiary/aromatic N) is 1. The molecule has 0 amide bonds. The molecule has 0 saturated carbocycles. The van der Waals surface area contributed by atoms with Crippen molar-refractivity contribution in [2.24, 2.45) is 0 Å². The van der Waals surface area contributed by atoms with Crippen LogP contribution in [0.2, 0.25) is 0 Å². The summed E-state index contributed by atoms with van der Waals surface area (Å²) in [5, 5.41) is 11.4. The van der Waals surface area contributed by atoms with E-state index in [0.717, 1.165) is 26.4 Å². The zero-order valence-electron chi connectivity index (χ0n) is 13.4. The van der Waals surface area contributed by atoms with Crippen LogP contribution in [0.25, 0.3) is 33.0 Å². The van der Waals surface area contributed by atoms with Gasteiger partial charge in [0.1, 0.15) is 0 Å². The lowest BCUT2D eigenvalue weighted by Crippen LogP contribution is -1.85. The number of halogens is 1. The first kappa shape index (κ1) is 15.6. The van der Waals surface area contributed by atoms with Crippen LogP contribution >= 0.6 is 15.9 Å². The number of fused-ring (bicyclic) bond motifs is 1. The first-order valence-electron chi connectivity index (χ1n) is 8.04. The van der Waals surface area contributed by atoms with Crippen molar-refractivity contribution in [3.05, 3.63) is 95.0 Å². The van der Waals surface area contributed by atoms with E-state index in [-0.39, 0.29) is 0 Å². The summed E-state index contributed by atoms with van der Waals surface area (Å²) in [4.78, 5) is 0. The van der Waals surface area contributed by atoms with Crippen LogP contribution in [0.5, 0.6) is 0 Å². The summed E-state index contributed by atoms with van der Waals surface area (Å²) in [6.45, 7) is 0. The Labute approximate surface area is 155 Å². The SMILES string of the molecule is N#Cc1ccc(-c2ccc(-c3ccc(Br)cc3)cc2)c2ccccc12. The predicted octanol–water partition coefficient (Wildman–Crippen LogP) is 6.81. The molecule has 2 heteroatoms. The van der Waals surface area contributed by atoms with E-state index in [2.05, 4.69) is 76.6 Å². The molecule has 0 saturated heterocycles. The lowest BCUT2D eigenvalue weighted by Gasteiger charge is -2.09. The highest BCUT2D eigenvalue weighted by Gasteiger charge is 2.07. The van der Waals surface area contributed by atoms with Gasteiger partial charge in [-0.2, -0.15) is 5.26 Å². The molecule has 118 valence electrons. The number of hydrogen-bond acceptors (Lipinski definition) is 1. The lowest BCUT2D eigenvalue weighted by atomic mass is 9.94. The van der Waals surface area contributed by atoms with E-state index in [0.29, 0.717) is 5.56 Å². The molecule has 0 N–H and O–H groups in total. The quantitative estimate of drug-likeness (QED) is 0.373. The zero-order valence-corrected chi connectivity index (χ0v) is 15.0. The highest BCUT2D eigenvalue weighted by Crippen LogP contribution is 2.32. The van der Waals surface area contributed by atoms with E-state index in [1.165, 1.54) is 11.1 Å². The highest BCUT2D eigenvalue weighted by molar-refractivity contribution is 9.10. The number of hydrogen-bond donors (Lipinski definition) is 0. The van der Waals surface area contributed by atoms with Gasteiger partial charge in [-0.15, -0.1) is 0 Å². The van der Waals surface area contributed by atoms with E-state index in [1.54, 1.807) is 0 Å². The minimum Gasteiger partial charge on any atom is -0.192 e. The van der Waals surface area contributed by atoms with Crippen LogP contribution in [-0.2, 0) is 0 Å². The van der Waals surface area contributed by atoms with Gasteiger partial charge in [0.2, 0.25) is 0 Å². The molecule has 0 bridgehead atoms. The molecule has 4 rings (SSSR count). The predicted molar refractivity (Wildman–Crippen MR) is 107 cm³/mol. The maximum atomic E-state index is 9.33. The Kier molecular flexibility index (Phi) is 4.09. The van der Waals surface area contributed by atoms with Gasteiger partial charge >= 0.3 is 0 Å². The van der Waals surface area contributed by atoms with Gasteiger partial charge in [-0.3, -0.25) is 0 Å². The van der Waals surface area contributed by atoms with Crippen molar-refractivity contribution in [2.45, 2.75) is 0 Å². The van der Waals surface area contributed by atoms with Gasteiger partial charge in [0.25, 0.3) is 0 Å². The molecule has 4 aromatic carbocycles. The zero-order chi connectivity index (χ0) is 17.2. The fraction of sp³-hybridized carbons (Fsp3) is 0. The Hall–Kier alpha value is -2.89. The molecular weight excluding hydrogens is 370 g/mol. The summed E-state index contributed by atoms with van der Waals surface area (Å²) in [6.07, 6.45) is 0. The third kappa shape index (κ3) is 2.95. The van der Waals surface area contributed by atoms with Crippen molar-refractivity contribution < 1.29 is 0 Å². The van der Waals surface area contributed by atoms with E-state index in [4.69, 9.17) is 0 Å². The molecule has 0 aliphatic heterocycles. The van der Waals surface area contributed by atoms with Gasteiger partial charge < -0.3 is 0 Å². The minimum atomic E-state index is 0.714. The Balaban J connectivity index is 1.80. The average Bonchev–Trinajstić information content (AvgIpc) is 2.68. The van der Waals surface area contributed by atoms with Crippen LogP contribution in [0, 0.1) is 11.3 Å². The normalized spacial score (nSPS) is 10.6. The van der Waals surface area contributed by atoms with Crippen molar-refractivity contribution in [2.75, 3.05) is 0 Å². The largest absolute Gasteiger partial charge is 0.192 e. The first-order valence-corrected chi connectivity index (χ1v) is 8.84. The lowest BCUT2D eigenvalue weighted by molar-refractivity contribution is 1.50. The maximum absolute atomic E-state index is 9.33. The van der Waals surface area contributed by atoms with E-state index < -0.39 is 0 Å². The minimum absolute atomic E-state index is 0.714. The van der Waals surface area contributed by atoms with Gasteiger partial charge in [-0.05, 0) is 45.8 Å². The second-order valence-corrected chi connectivity index (χ2v) is 6.82. The summed E-state index contributed by atoms with van der Waals surface area (Å²) < 4.78 is 1.08. The molecule has 0 aromatic heterocycles. The number of nitriles is 1. The van der Waals surface area contributed by atoms with Crippen LogP contribution < -0.4 is 0 Å². The fourth-order valence-corrected chi connectivity index (χ4v) is 3.40. The van der Waals surface area contributed by atoms with Crippen LogP contribution in [0.3, 0.4) is 0 Å². The van der Waals surface area contributed by atoms with Crippen LogP contribution in [-0.4, -0.2) is 0 Å². The van der Waals surface area contributed by atoms with Crippen molar-refractivity contribution in [1.82, 2.24) is 0 Å². The van der Waals surface area contributed by atoms with Crippen molar-refractivity contribution in [3.63, 3.8) is 0 Å². The van der Waals surface area contributed by atoms with Crippen molar-refractivity contribution in [3.8, 4) is 28.3 Å². The van der Waals surface area contributed by atoms with Gasteiger partial charge in [-0.25, -0.2) is 0 Å². The van der Waals surface area contributed by atoms with E-state index in [1.807, 2.05) is 30.3 Å². The Morgan fingerprint density at radius 2 is 1.16 bits per heavy atom. The Bertz CT molecular complexity index is 1090. The molecule has 1 nitrogen and oxygen atoms in total. The Morgan fingerprint density at radius 3 is 1.80 bits per heavy atom. The molecule has 0 radical (unpaired) electrons. The Morgan fingerprint density at radius 1 is 0.600 bits per heavy atom. The average molecular weight is 384 g/mol. The summed E-state index contributed by atoms with van der Waals surface area (Å²) in [5.74, 6) is 0. The first-order chi connectivity index (χ1) is 12.3. The standard InChI is InChI=1S/C23H14BrN/c24-20-12-9-17(10-13-20)16-5-7-18(8-6-16)22-14-11-19(15-25)21-3-1-2-4-23(21)22/h1-14H. The maximum Gasteiger partial charge on any atom is 0.0998 e. The third-order valence-electron chi connectivity index (χ3n) is 4.42. The van der Waals surface area contributed by atoms with Gasteiger partial charge in [0, 0.05) is 9.86 Å². The summed E-state index contributed by atoms with van der Waals surface area (Å²) in [6, 6.07) is 31.2. The molecule has 0 aliphatic rings. The topological polar surface area (TPSA) is 23.8 Å². The molecule has 0 aliphatic carbocycles. The van der Waals surface area contributed by atoms with Crippen molar-refractivity contribution in [1.29, 1.82) is 5.26 Å². The van der Waals surface area contributed by atoms with Gasteiger partial charge in [0.05, 0.1) is 11.6 Å². The number of benzene rings is 4. The number of rotatable bonds is 2. The fourth-order valence-electron chi connectivity index (χ4n) is 3.13. The molecule has 0 unspecified atom stereocenters. The molecule has 0 fully saturated rings. The van der Waals surface area contributed by atoms with E-state index >= 15 is 0 Å².